The summed E-state index contributed by atoms with van der Waals surface area (Å²) in [4.78, 5) is 12.4. The zero-order valence-electron chi connectivity index (χ0n) is 17.4. The van der Waals surface area contributed by atoms with Crippen molar-refractivity contribution in [3.63, 3.8) is 0 Å². The van der Waals surface area contributed by atoms with Crippen LogP contribution in [0.4, 0.5) is 0 Å². The number of aliphatic hydroxyl groups is 1. The van der Waals surface area contributed by atoms with Crippen LogP contribution < -0.4 is 10.0 Å². The Hall–Kier alpha value is -1.52. The summed E-state index contributed by atoms with van der Waals surface area (Å²) in [6.07, 6.45) is 2.61. The summed E-state index contributed by atoms with van der Waals surface area (Å²) in [6, 6.07) is 6.15. The van der Waals surface area contributed by atoms with Crippen molar-refractivity contribution in [3.05, 3.63) is 29.8 Å². The normalized spacial score (nSPS) is 25.7. The van der Waals surface area contributed by atoms with Crippen LogP contribution in [0.15, 0.2) is 29.2 Å². The molecule has 3 rings (SSSR count). The predicted molar refractivity (Wildman–Crippen MR) is 111 cm³/mol. The zero-order valence-corrected chi connectivity index (χ0v) is 18.2. The lowest BCUT2D eigenvalue weighted by molar-refractivity contribution is -0.128. The summed E-state index contributed by atoms with van der Waals surface area (Å²) in [7, 11) is -3.69. The molecule has 2 heterocycles. The molecule has 1 amide bonds. The van der Waals surface area contributed by atoms with Crippen LogP contribution in [0.2, 0.25) is 0 Å². The standard InChI is InChI=1S/C21H32N2O6S/c1-15-2-5-18(6-3-15)30(26,27)23-19-7-4-17(29-20(19)14-24)8-11-22-21(25)16-9-12-28-13-10-16/h2-3,5-6,16-17,19-20,23-24H,4,7-14H2,1H3,(H,22,25)/t17-,19+,20+/m1/s1. The van der Waals surface area contributed by atoms with Gasteiger partial charge in [-0.2, -0.15) is 0 Å². The van der Waals surface area contributed by atoms with Gasteiger partial charge in [-0.1, -0.05) is 17.7 Å². The van der Waals surface area contributed by atoms with E-state index in [2.05, 4.69) is 10.0 Å². The third kappa shape index (κ3) is 6.24. The molecule has 0 aromatic heterocycles. The first-order valence-electron chi connectivity index (χ1n) is 10.6. The lowest BCUT2D eigenvalue weighted by Gasteiger charge is -2.36. The quantitative estimate of drug-likeness (QED) is 0.558. The highest BCUT2D eigenvalue weighted by Crippen LogP contribution is 2.24. The number of hydrogen-bond acceptors (Lipinski definition) is 6. The lowest BCUT2D eigenvalue weighted by Crippen LogP contribution is -2.51. The molecule has 168 valence electrons. The fraction of sp³-hybridized carbons (Fsp3) is 0.667. The number of carbonyl (C=O) groups excluding carboxylic acids is 1. The number of hydrogen-bond donors (Lipinski definition) is 3. The highest BCUT2D eigenvalue weighted by atomic mass is 32.2. The van der Waals surface area contributed by atoms with Crippen molar-refractivity contribution in [2.75, 3.05) is 26.4 Å². The summed E-state index contributed by atoms with van der Waals surface area (Å²) in [6.45, 7) is 3.38. The number of benzene rings is 1. The van der Waals surface area contributed by atoms with Crippen molar-refractivity contribution in [1.82, 2.24) is 10.0 Å². The average Bonchev–Trinajstić information content (AvgIpc) is 2.75. The topological polar surface area (TPSA) is 114 Å². The van der Waals surface area contributed by atoms with E-state index in [-0.39, 0.29) is 29.4 Å². The molecule has 0 bridgehead atoms. The smallest absolute Gasteiger partial charge is 0.240 e. The molecule has 2 aliphatic rings. The van der Waals surface area contributed by atoms with E-state index in [1.807, 2.05) is 6.92 Å². The number of ether oxygens (including phenoxy) is 2. The van der Waals surface area contributed by atoms with Crippen molar-refractivity contribution in [1.29, 1.82) is 0 Å². The third-order valence-corrected chi connectivity index (χ3v) is 7.30. The Morgan fingerprint density at radius 3 is 2.50 bits per heavy atom. The molecule has 2 aliphatic heterocycles. The van der Waals surface area contributed by atoms with Crippen LogP contribution in [0.5, 0.6) is 0 Å². The van der Waals surface area contributed by atoms with Gasteiger partial charge in [0.05, 0.1) is 29.8 Å². The minimum Gasteiger partial charge on any atom is -0.394 e. The SMILES string of the molecule is Cc1ccc(S(=O)(=O)N[C@H]2CC[C@H](CCNC(=O)C3CCOCC3)O[C@H]2CO)cc1. The van der Waals surface area contributed by atoms with E-state index in [1.54, 1.807) is 24.3 Å². The van der Waals surface area contributed by atoms with Crippen LogP contribution in [-0.4, -0.2) is 64.0 Å². The van der Waals surface area contributed by atoms with Crippen LogP contribution >= 0.6 is 0 Å². The maximum atomic E-state index is 12.6. The molecule has 0 unspecified atom stereocenters. The van der Waals surface area contributed by atoms with Gasteiger partial charge in [-0.15, -0.1) is 0 Å². The number of rotatable bonds is 8. The van der Waals surface area contributed by atoms with E-state index in [4.69, 9.17) is 9.47 Å². The lowest BCUT2D eigenvalue weighted by atomic mass is 9.97. The molecule has 1 aromatic rings. The average molecular weight is 441 g/mol. The molecule has 30 heavy (non-hydrogen) atoms. The van der Waals surface area contributed by atoms with Crippen molar-refractivity contribution in [3.8, 4) is 0 Å². The largest absolute Gasteiger partial charge is 0.394 e. The van der Waals surface area contributed by atoms with Gasteiger partial charge in [0.1, 0.15) is 0 Å². The predicted octanol–water partition coefficient (Wildman–Crippen LogP) is 1.11. The molecule has 2 fully saturated rings. The van der Waals surface area contributed by atoms with Gasteiger partial charge < -0.3 is 19.9 Å². The van der Waals surface area contributed by atoms with E-state index in [0.717, 1.165) is 18.4 Å². The summed E-state index contributed by atoms with van der Waals surface area (Å²) < 4.78 is 39.2. The Labute approximate surface area is 178 Å². The van der Waals surface area contributed by atoms with Gasteiger partial charge in [-0.05, 0) is 51.2 Å². The first-order valence-corrected chi connectivity index (χ1v) is 12.1. The van der Waals surface area contributed by atoms with Crippen molar-refractivity contribution >= 4 is 15.9 Å². The van der Waals surface area contributed by atoms with Crippen LogP contribution in [0.25, 0.3) is 0 Å². The van der Waals surface area contributed by atoms with E-state index in [9.17, 15) is 18.3 Å². The third-order valence-electron chi connectivity index (χ3n) is 5.79. The second-order valence-electron chi connectivity index (χ2n) is 8.06. The summed E-state index contributed by atoms with van der Waals surface area (Å²) in [5, 5.41) is 12.7. The Morgan fingerprint density at radius 1 is 1.13 bits per heavy atom. The molecule has 9 heteroatoms. The van der Waals surface area contributed by atoms with Crippen molar-refractivity contribution in [2.45, 2.75) is 62.2 Å². The maximum Gasteiger partial charge on any atom is 0.240 e. The van der Waals surface area contributed by atoms with E-state index in [1.165, 1.54) is 0 Å². The van der Waals surface area contributed by atoms with Crippen LogP contribution in [0, 0.1) is 12.8 Å². The van der Waals surface area contributed by atoms with Crippen LogP contribution in [-0.2, 0) is 24.3 Å². The zero-order chi connectivity index (χ0) is 21.6. The van der Waals surface area contributed by atoms with Gasteiger partial charge in [0, 0.05) is 25.7 Å². The Balaban J connectivity index is 1.47. The number of carbonyl (C=O) groups is 1. The Kier molecular flexibility index (Phi) is 8.24. The first-order chi connectivity index (χ1) is 14.4. The van der Waals surface area contributed by atoms with Gasteiger partial charge >= 0.3 is 0 Å². The monoisotopic (exact) mass is 440 g/mol. The van der Waals surface area contributed by atoms with E-state index < -0.39 is 22.2 Å². The maximum absolute atomic E-state index is 12.6. The van der Waals surface area contributed by atoms with Gasteiger partial charge in [0.25, 0.3) is 0 Å². The van der Waals surface area contributed by atoms with Crippen LogP contribution in [0.1, 0.15) is 37.7 Å². The minimum atomic E-state index is -3.69. The second-order valence-corrected chi connectivity index (χ2v) is 9.78. The van der Waals surface area contributed by atoms with Crippen LogP contribution in [0.3, 0.4) is 0 Å². The van der Waals surface area contributed by atoms with Gasteiger partial charge in [0.15, 0.2) is 0 Å². The van der Waals surface area contributed by atoms with E-state index in [0.29, 0.717) is 39.0 Å². The van der Waals surface area contributed by atoms with Gasteiger partial charge in [-0.25, -0.2) is 13.1 Å². The summed E-state index contributed by atoms with van der Waals surface area (Å²) in [5.41, 5.74) is 0.981. The molecule has 1 aromatic carbocycles. The summed E-state index contributed by atoms with van der Waals surface area (Å²) >= 11 is 0. The van der Waals surface area contributed by atoms with Gasteiger partial charge in [0.2, 0.25) is 15.9 Å². The Bertz CT molecular complexity index is 792. The van der Waals surface area contributed by atoms with E-state index >= 15 is 0 Å². The molecule has 0 saturated carbocycles. The van der Waals surface area contributed by atoms with Crippen molar-refractivity contribution < 1.29 is 27.8 Å². The number of aryl methyl sites for hydroxylation is 1. The summed E-state index contributed by atoms with van der Waals surface area (Å²) in [5.74, 6) is 0.0633. The molecule has 0 radical (unpaired) electrons. The molecular weight excluding hydrogens is 408 g/mol. The fourth-order valence-corrected chi connectivity index (χ4v) is 5.22. The van der Waals surface area contributed by atoms with Crippen molar-refractivity contribution in [2.24, 2.45) is 5.92 Å². The molecule has 2 saturated heterocycles. The molecular formula is C21H32N2O6S. The molecule has 0 spiro atoms. The van der Waals surface area contributed by atoms with Gasteiger partial charge in [-0.3, -0.25) is 4.79 Å². The molecule has 8 nitrogen and oxygen atoms in total. The number of amides is 1. The molecule has 0 aliphatic carbocycles. The number of nitrogens with one attached hydrogen (secondary N) is 2. The number of aliphatic hydroxyl groups excluding tert-OH is 1. The minimum absolute atomic E-state index is 0.0109. The number of sulfonamides is 1. The Morgan fingerprint density at radius 2 is 1.83 bits per heavy atom. The fourth-order valence-electron chi connectivity index (χ4n) is 3.92. The second kappa shape index (κ2) is 10.7. The highest BCUT2D eigenvalue weighted by molar-refractivity contribution is 7.89. The molecule has 3 N–H and O–H groups in total. The first kappa shape index (κ1) is 23.1. The molecule has 3 atom stereocenters. The highest BCUT2D eigenvalue weighted by Gasteiger charge is 2.34.